The molecule has 76 valence electrons. The molecule has 1 aromatic rings. The Balaban J connectivity index is 1.96. The Labute approximate surface area is 88.7 Å². The summed E-state index contributed by atoms with van der Waals surface area (Å²) in [5.41, 5.74) is 1.40. The van der Waals surface area contributed by atoms with E-state index in [1.807, 2.05) is 6.07 Å². The Morgan fingerprint density at radius 2 is 1.79 bits per heavy atom. The number of rotatable bonds is 2. The molecule has 1 nitrogen and oxygen atoms in total. The fourth-order valence-corrected chi connectivity index (χ4v) is 2.33. The van der Waals surface area contributed by atoms with Crippen molar-refractivity contribution in [3.8, 4) is 0 Å². The molecular formula is C11H14FNS. The van der Waals surface area contributed by atoms with Crippen molar-refractivity contribution in [3.63, 3.8) is 0 Å². The van der Waals surface area contributed by atoms with Gasteiger partial charge in [0.05, 0.1) is 0 Å². The van der Waals surface area contributed by atoms with Crippen LogP contribution in [-0.2, 0) is 0 Å². The fraction of sp³-hybridized carbons (Fsp3) is 0.455. The third kappa shape index (κ3) is 2.28. The predicted octanol–water partition coefficient (Wildman–Crippen LogP) is 3.40. The van der Waals surface area contributed by atoms with Crippen LogP contribution in [0.1, 0.15) is 24.3 Å². The highest BCUT2D eigenvalue weighted by Gasteiger charge is 2.20. The Morgan fingerprint density at radius 1 is 1.14 bits per heavy atom. The molecule has 0 spiro atoms. The zero-order chi connectivity index (χ0) is 9.80. The van der Waals surface area contributed by atoms with Gasteiger partial charge in [-0.3, -0.25) is 0 Å². The van der Waals surface area contributed by atoms with Crippen LogP contribution in [0.25, 0.3) is 0 Å². The molecule has 0 N–H and O–H groups in total. The first-order valence-corrected chi connectivity index (χ1v) is 5.66. The molecule has 1 saturated heterocycles. The molecule has 1 aliphatic rings. The minimum atomic E-state index is 0.376. The van der Waals surface area contributed by atoms with Crippen LogP contribution in [0.2, 0.25) is 0 Å². The van der Waals surface area contributed by atoms with Crippen LogP contribution in [0.15, 0.2) is 30.3 Å². The lowest BCUT2D eigenvalue weighted by Gasteiger charge is -2.28. The van der Waals surface area contributed by atoms with Gasteiger partial charge in [-0.1, -0.05) is 30.3 Å². The zero-order valence-electron chi connectivity index (χ0n) is 8.03. The van der Waals surface area contributed by atoms with Crippen molar-refractivity contribution >= 4 is 12.3 Å². The lowest BCUT2D eigenvalue weighted by molar-refractivity contribution is 0.340. The first kappa shape index (κ1) is 9.99. The Bertz CT molecular complexity index is 270. The SMILES string of the molecule is FSN1CCC(c2ccccc2)CC1. The molecule has 0 bridgehead atoms. The van der Waals surface area contributed by atoms with Crippen LogP contribution in [0.3, 0.4) is 0 Å². The molecular weight excluding hydrogens is 197 g/mol. The van der Waals surface area contributed by atoms with E-state index in [2.05, 4.69) is 24.3 Å². The van der Waals surface area contributed by atoms with E-state index in [0.29, 0.717) is 18.3 Å². The maximum absolute atomic E-state index is 12.3. The smallest absolute Gasteiger partial charge is 0.134 e. The molecule has 0 aliphatic carbocycles. The molecule has 1 fully saturated rings. The first-order chi connectivity index (χ1) is 6.90. The summed E-state index contributed by atoms with van der Waals surface area (Å²) in [6.45, 7) is 1.72. The van der Waals surface area contributed by atoms with Gasteiger partial charge < -0.3 is 0 Å². The molecule has 0 unspecified atom stereocenters. The van der Waals surface area contributed by atoms with Gasteiger partial charge in [0, 0.05) is 13.1 Å². The zero-order valence-corrected chi connectivity index (χ0v) is 8.84. The van der Waals surface area contributed by atoms with E-state index < -0.39 is 0 Å². The van der Waals surface area contributed by atoms with Gasteiger partial charge in [0.1, 0.15) is 12.3 Å². The van der Waals surface area contributed by atoms with Crippen molar-refractivity contribution in [2.45, 2.75) is 18.8 Å². The maximum atomic E-state index is 12.3. The van der Waals surface area contributed by atoms with Gasteiger partial charge in [0.2, 0.25) is 0 Å². The number of halogens is 1. The molecule has 2 rings (SSSR count). The van der Waals surface area contributed by atoms with E-state index >= 15 is 0 Å². The first-order valence-electron chi connectivity index (χ1n) is 4.99. The summed E-state index contributed by atoms with van der Waals surface area (Å²) in [4.78, 5) is 0. The summed E-state index contributed by atoms with van der Waals surface area (Å²) in [5, 5.41) is 0. The normalized spacial score (nSPS) is 19.8. The molecule has 1 aliphatic heterocycles. The van der Waals surface area contributed by atoms with E-state index in [1.54, 1.807) is 4.31 Å². The number of hydrogen-bond donors (Lipinski definition) is 0. The molecule has 0 saturated carbocycles. The van der Waals surface area contributed by atoms with Crippen LogP contribution >= 0.6 is 12.3 Å². The van der Waals surface area contributed by atoms with Crippen LogP contribution in [0.5, 0.6) is 0 Å². The summed E-state index contributed by atoms with van der Waals surface area (Å²) >= 11 is 0.376. The standard InChI is InChI=1S/C11H14FNS/c12-14-13-8-6-11(7-9-13)10-4-2-1-3-5-10/h1-5,11H,6-9H2. The molecule has 0 aromatic heterocycles. The summed E-state index contributed by atoms with van der Waals surface area (Å²) in [7, 11) is 0. The highest BCUT2D eigenvalue weighted by Crippen LogP contribution is 2.30. The van der Waals surface area contributed by atoms with Gasteiger partial charge in [-0.25, -0.2) is 4.31 Å². The molecule has 1 aromatic carbocycles. The highest BCUT2D eigenvalue weighted by atomic mass is 32.2. The van der Waals surface area contributed by atoms with Crippen molar-refractivity contribution in [1.82, 2.24) is 4.31 Å². The molecule has 1 heterocycles. The van der Waals surface area contributed by atoms with E-state index in [4.69, 9.17) is 0 Å². The Morgan fingerprint density at radius 3 is 2.36 bits per heavy atom. The van der Waals surface area contributed by atoms with Gasteiger partial charge in [-0.15, -0.1) is 3.89 Å². The third-order valence-electron chi connectivity index (χ3n) is 2.82. The average molecular weight is 211 g/mol. The predicted molar refractivity (Wildman–Crippen MR) is 58.7 cm³/mol. The van der Waals surface area contributed by atoms with Crippen molar-refractivity contribution < 1.29 is 3.89 Å². The largest absolute Gasteiger partial charge is 0.222 e. The summed E-state index contributed by atoms with van der Waals surface area (Å²) in [5.74, 6) is 0.625. The number of piperidine rings is 1. The summed E-state index contributed by atoms with van der Waals surface area (Å²) < 4.78 is 14.0. The summed E-state index contributed by atoms with van der Waals surface area (Å²) in [6, 6.07) is 10.5. The van der Waals surface area contributed by atoms with Gasteiger partial charge in [-0.05, 0) is 24.3 Å². The van der Waals surface area contributed by atoms with Crippen molar-refractivity contribution in [2.24, 2.45) is 0 Å². The fourth-order valence-electron chi connectivity index (χ4n) is 1.98. The Hall–Kier alpha value is -0.540. The van der Waals surface area contributed by atoms with Crippen molar-refractivity contribution in [1.29, 1.82) is 0 Å². The number of nitrogens with zero attached hydrogens (tertiary/aromatic N) is 1. The van der Waals surface area contributed by atoms with Crippen LogP contribution in [-0.4, -0.2) is 17.4 Å². The molecule has 3 heteroatoms. The van der Waals surface area contributed by atoms with E-state index in [-0.39, 0.29) is 0 Å². The second kappa shape index (κ2) is 4.80. The van der Waals surface area contributed by atoms with E-state index in [0.717, 1.165) is 25.9 Å². The van der Waals surface area contributed by atoms with Crippen LogP contribution < -0.4 is 0 Å². The van der Waals surface area contributed by atoms with Crippen LogP contribution in [0, 0.1) is 0 Å². The molecule has 0 radical (unpaired) electrons. The second-order valence-electron chi connectivity index (χ2n) is 3.68. The number of benzene rings is 1. The summed E-state index contributed by atoms with van der Waals surface area (Å²) in [6.07, 6.45) is 2.14. The lowest BCUT2D eigenvalue weighted by Crippen LogP contribution is -2.26. The minimum Gasteiger partial charge on any atom is -0.222 e. The minimum absolute atomic E-state index is 0.376. The second-order valence-corrected chi connectivity index (χ2v) is 4.34. The highest BCUT2D eigenvalue weighted by molar-refractivity contribution is 7.91. The lowest BCUT2D eigenvalue weighted by atomic mass is 9.90. The molecule has 14 heavy (non-hydrogen) atoms. The van der Waals surface area contributed by atoms with Crippen LogP contribution in [0.4, 0.5) is 3.89 Å². The van der Waals surface area contributed by atoms with Gasteiger partial charge in [0.15, 0.2) is 0 Å². The van der Waals surface area contributed by atoms with Crippen molar-refractivity contribution in [3.05, 3.63) is 35.9 Å². The van der Waals surface area contributed by atoms with E-state index in [1.165, 1.54) is 5.56 Å². The van der Waals surface area contributed by atoms with Gasteiger partial charge >= 0.3 is 0 Å². The molecule has 0 amide bonds. The van der Waals surface area contributed by atoms with Gasteiger partial charge in [-0.2, -0.15) is 0 Å². The third-order valence-corrected chi connectivity index (χ3v) is 3.38. The maximum Gasteiger partial charge on any atom is 0.134 e. The average Bonchev–Trinajstić information content (AvgIpc) is 2.30. The topological polar surface area (TPSA) is 3.24 Å². The Kier molecular flexibility index (Phi) is 3.43. The van der Waals surface area contributed by atoms with Gasteiger partial charge in [0.25, 0.3) is 0 Å². The molecule has 0 atom stereocenters. The van der Waals surface area contributed by atoms with Crippen molar-refractivity contribution in [2.75, 3.05) is 13.1 Å². The van der Waals surface area contributed by atoms with E-state index in [9.17, 15) is 3.89 Å². The number of hydrogen-bond acceptors (Lipinski definition) is 2. The monoisotopic (exact) mass is 211 g/mol. The quantitative estimate of drug-likeness (QED) is 0.690.